The lowest BCUT2D eigenvalue weighted by Gasteiger charge is -2.33. The van der Waals surface area contributed by atoms with E-state index in [0.29, 0.717) is 26.6 Å². The lowest BCUT2D eigenvalue weighted by Crippen LogP contribution is -2.50. The highest BCUT2D eigenvalue weighted by atomic mass is 32.2. The normalized spacial score (nSPS) is 15.0. The van der Waals surface area contributed by atoms with Crippen LogP contribution in [0.2, 0.25) is 0 Å². The summed E-state index contributed by atoms with van der Waals surface area (Å²) >= 11 is 2.51. The van der Waals surface area contributed by atoms with Crippen molar-refractivity contribution in [2.45, 2.75) is 10.4 Å². The maximum atomic E-state index is 13.3. The van der Waals surface area contributed by atoms with Crippen molar-refractivity contribution in [2.24, 2.45) is 0 Å². The van der Waals surface area contributed by atoms with Gasteiger partial charge in [0.05, 0.1) is 18.0 Å². The Morgan fingerprint density at radius 3 is 2.90 bits per heavy atom. The molecule has 2 amide bonds. The molecule has 0 saturated heterocycles. The zero-order valence-electron chi connectivity index (χ0n) is 16.4. The first-order valence-corrected chi connectivity index (χ1v) is 11.1. The van der Waals surface area contributed by atoms with Crippen LogP contribution in [0.4, 0.5) is 20.9 Å². The summed E-state index contributed by atoms with van der Waals surface area (Å²) in [6, 6.07) is 13.1. The predicted octanol–water partition coefficient (Wildman–Crippen LogP) is 3.05. The number of hydrogen-bond donors (Lipinski definition) is 2. The van der Waals surface area contributed by atoms with Gasteiger partial charge in [-0.3, -0.25) is 9.59 Å². The number of anilines is 3. The Labute approximate surface area is 185 Å². The molecule has 8 nitrogen and oxygen atoms in total. The van der Waals surface area contributed by atoms with Crippen molar-refractivity contribution in [2.75, 3.05) is 29.6 Å². The summed E-state index contributed by atoms with van der Waals surface area (Å²) in [7, 11) is 1.53. The third kappa shape index (κ3) is 4.94. The molecule has 3 aromatic rings. The van der Waals surface area contributed by atoms with Crippen molar-refractivity contribution in [3.8, 4) is 5.75 Å². The fraction of sp³-hybridized carbons (Fsp3) is 0.200. The zero-order valence-corrected chi connectivity index (χ0v) is 18.0. The Kier molecular flexibility index (Phi) is 6.33. The van der Waals surface area contributed by atoms with Crippen LogP contribution in [0.15, 0.2) is 52.9 Å². The minimum Gasteiger partial charge on any atom is -0.477 e. The summed E-state index contributed by atoms with van der Waals surface area (Å²) < 4.78 is 19.6. The number of thioether (sulfide) groups is 1. The van der Waals surface area contributed by atoms with Gasteiger partial charge >= 0.3 is 0 Å². The Hall–Kier alpha value is -3.18. The van der Waals surface area contributed by atoms with E-state index in [9.17, 15) is 14.0 Å². The summed E-state index contributed by atoms with van der Waals surface area (Å²) in [5.74, 6) is -0.223. The fourth-order valence-electron chi connectivity index (χ4n) is 2.98. The van der Waals surface area contributed by atoms with Gasteiger partial charge in [-0.05, 0) is 30.3 Å². The number of fused-ring (bicyclic) bond motifs is 1. The van der Waals surface area contributed by atoms with Gasteiger partial charge in [0.2, 0.25) is 11.0 Å². The van der Waals surface area contributed by atoms with Gasteiger partial charge in [-0.1, -0.05) is 41.3 Å². The van der Waals surface area contributed by atoms with Gasteiger partial charge in [-0.25, -0.2) is 4.39 Å². The van der Waals surface area contributed by atoms with E-state index in [4.69, 9.17) is 4.74 Å². The molecule has 1 aliphatic heterocycles. The predicted molar refractivity (Wildman–Crippen MR) is 118 cm³/mol. The van der Waals surface area contributed by atoms with Crippen LogP contribution in [0.1, 0.15) is 0 Å². The van der Waals surface area contributed by atoms with E-state index in [1.165, 1.54) is 42.3 Å². The number of nitrogens with one attached hydrogen (secondary N) is 2. The van der Waals surface area contributed by atoms with Gasteiger partial charge in [0.25, 0.3) is 5.91 Å². The lowest BCUT2D eigenvalue weighted by atomic mass is 10.2. The highest BCUT2D eigenvalue weighted by Crippen LogP contribution is 2.34. The number of amides is 2. The van der Waals surface area contributed by atoms with E-state index in [0.717, 1.165) is 0 Å². The van der Waals surface area contributed by atoms with Crippen molar-refractivity contribution in [3.05, 3.63) is 54.3 Å². The van der Waals surface area contributed by atoms with E-state index in [-0.39, 0.29) is 29.9 Å². The molecular formula is C20H18FN5O3S2. The zero-order chi connectivity index (χ0) is 21.8. The number of halogens is 1. The monoisotopic (exact) mass is 459 g/mol. The average molecular weight is 460 g/mol. The molecule has 1 unspecified atom stereocenters. The number of rotatable bonds is 6. The first kappa shape index (κ1) is 21.1. The summed E-state index contributed by atoms with van der Waals surface area (Å²) in [4.78, 5) is 26.6. The summed E-state index contributed by atoms with van der Waals surface area (Å²) in [6.07, 6.45) is -0.780. The number of hydrogen-bond acceptors (Lipinski definition) is 8. The minimum atomic E-state index is -0.780. The molecule has 0 aliphatic carbocycles. The van der Waals surface area contributed by atoms with Gasteiger partial charge in [0, 0.05) is 12.7 Å². The van der Waals surface area contributed by atoms with E-state index in [1.807, 2.05) is 6.07 Å². The van der Waals surface area contributed by atoms with Crippen LogP contribution in [0.5, 0.6) is 5.75 Å². The van der Waals surface area contributed by atoms with Crippen molar-refractivity contribution in [1.29, 1.82) is 0 Å². The minimum absolute atomic E-state index is 0.114. The second-order valence-corrected chi connectivity index (χ2v) is 8.69. The molecule has 2 aromatic carbocycles. The highest BCUT2D eigenvalue weighted by Gasteiger charge is 2.33. The van der Waals surface area contributed by atoms with Crippen LogP contribution in [0, 0.1) is 5.82 Å². The summed E-state index contributed by atoms with van der Waals surface area (Å²) in [6.45, 7) is 0.124. The van der Waals surface area contributed by atoms with Crippen molar-refractivity contribution >= 4 is 51.4 Å². The number of para-hydroxylation sites is 2. The van der Waals surface area contributed by atoms with Crippen LogP contribution < -0.4 is 20.3 Å². The third-order valence-corrected chi connectivity index (χ3v) is 6.37. The molecule has 0 spiro atoms. The molecule has 0 radical (unpaired) electrons. The quantitative estimate of drug-likeness (QED) is 0.547. The van der Waals surface area contributed by atoms with Crippen LogP contribution in [-0.2, 0) is 9.59 Å². The maximum Gasteiger partial charge on any atom is 0.262 e. The number of carbonyl (C=O) groups excluding carboxylic acids is 2. The first-order chi connectivity index (χ1) is 15.0. The number of nitrogens with zero attached hydrogens (tertiary/aromatic N) is 3. The topological polar surface area (TPSA) is 96.5 Å². The molecule has 31 heavy (non-hydrogen) atoms. The molecular weight excluding hydrogens is 441 g/mol. The Bertz CT molecular complexity index is 1110. The lowest BCUT2D eigenvalue weighted by molar-refractivity contribution is -0.127. The first-order valence-electron chi connectivity index (χ1n) is 9.30. The molecule has 0 bridgehead atoms. The Morgan fingerprint density at radius 1 is 1.26 bits per heavy atom. The Morgan fingerprint density at radius 2 is 2.10 bits per heavy atom. The van der Waals surface area contributed by atoms with E-state index in [2.05, 4.69) is 20.8 Å². The molecule has 4 rings (SSSR count). The van der Waals surface area contributed by atoms with Crippen LogP contribution in [-0.4, -0.2) is 47.5 Å². The standard InChI is InChI=1S/C20H18FN5O3S2/c1-22-18(28)16-10-26(14-7-2-3-8-15(14)29-16)17(27)11-30-20-25-24-19(31-20)23-13-6-4-5-12(21)9-13/h2-9,16H,10-11H2,1H3,(H,22,28)(H,23,24). The SMILES string of the molecule is CNC(=O)C1CN(C(=O)CSc2nnc(Nc3cccc(F)c3)s2)c2ccccc2O1. The second kappa shape index (κ2) is 9.31. The molecule has 1 atom stereocenters. The van der Waals surface area contributed by atoms with E-state index >= 15 is 0 Å². The molecule has 160 valence electrons. The van der Waals surface area contributed by atoms with Gasteiger partial charge in [0.1, 0.15) is 11.6 Å². The van der Waals surface area contributed by atoms with Gasteiger partial charge in [-0.15, -0.1) is 10.2 Å². The average Bonchev–Trinajstić information content (AvgIpc) is 3.23. The Balaban J connectivity index is 1.41. The largest absolute Gasteiger partial charge is 0.477 e. The number of aromatic nitrogens is 2. The van der Waals surface area contributed by atoms with Gasteiger partial charge in [0.15, 0.2) is 10.4 Å². The van der Waals surface area contributed by atoms with Crippen molar-refractivity contribution in [1.82, 2.24) is 15.5 Å². The second-order valence-electron chi connectivity index (χ2n) is 6.49. The van der Waals surface area contributed by atoms with Crippen LogP contribution >= 0.6 is 23.1 Å². The molecule has 11 heteroatoms. The molecule has 1 aliphatic rings. The summed E-state index contributed by atoms with van der Waals surface area (Å²) in [5.41, 5.74) is 1.19. The van der Waals surface area contributed by atoms with Crippen molar-refractivity contribution < 1.29 is 18.7 Å². The maximum absolute atomic E-state index is 13.3. The fourth-order valence-corrected chi connectivity index (χ4v) is 4.63. The highest BCUT2D eigenvalue weighted by molar-refractivity contribution is 8.01. The summed E-state index contributed by atoms with van der Waals surface area (Å²) in [5, 5.41) is 14.1. The van der Waals surface area contributed by atoms with E-state index in [1.54, 1.807) is 35.2 Å². The third-order valence-electron chi connectivity index (χ3n) is 4.42. The number of likely N-dealkylation sites (N-methyl/N-ethyl adjacent to an activating group) is 1. The molecule has 0 saturated carbocycles. The number of ether oxygens (including phenoxy) is 1. The van der Waals surface area contributed by atoms with Gasteiger partial charge in [-0.2, -0.15) is 0 Å². The van der Waals surface area contributed by atoms with Crippen molar-refractivity contribution in [3.63, 3.8) is 0 Å². The van der Waals surface area contributed by atoms with E-state index < -0.39 is 6.10 Å². The molecule has 1 aromatic heterocycles. The van der Waals surface area contributed by atoms with Crippen LogP contribution in [0.25, 0.3) is 0 Å². The molecule has 2 heterocycles. The smallest absolute Gasteiger partial charge is 0.262 e. The van der Waals surface area contributed by atoms with Crippen LogP contribution in [0.3, 0.4) is 0 Å². The molecule has 2 N–H and O–H groups in total. The molecule has 0 fully saturated rings. The number of benzene rings is 2. The number of carbonyl (C=O) groups is 2. The van der Waals surface area contributed by atoms with Gasteiger partial charge < -0.3 is 20.3 Å².